The number of carbonyl (C=O) groups is 1. The summed E-state index contributed by atoms with van der Waals surface area (Å²) in [5.74, 6) is 0.734. The number of ketones is 1. The van der Waals surface area contributed by atoms with Crippen molar-refractivity contribution < 1.29 is 14.3 Å². The van der Waals surface area contributed by atoms with Gasteiger partial charge in [-0.15, -0.1) is 0 Å². The maximum absolute atomic E-state index is 12.7. The van der Waals surface area contributed by atoms with E-state index in [1.165, 1.54) is 0 Å². The predicted octanol–water partition coefficient (Wildman–Crippen LogP) is 0.908. The highest BCUT2D eigenvalue weighted by Crippen LogP contribution is 2.31. The molecule has 25 heavy (non-hydrogen) atoms. The fraction of sp³-hybridized carbons (Fsp3) is 0.118. The van der Waals surface area contributed by atoms with Crippen molar-refractivity contribution in [3.05, 3.63) is 53.6 Å². The highest BCUT2D eigenvalue weighted by atomic mass is 16.6. The SMILES string of the molecule is NC(N)=NC(N)=Nc1cccc(C(=O)c2ccc3c(c2)OCCO3)c1. The topological polar surface area (TPSA) is 138 Å². The van der Waals surface area contributed by atoms with E-state index in [9.17, 15) is 4.79 Å². The van der Waals surface area contributed by atoms with E-state index < -0.39 is 0 Å². The number of carbonyl (C=O) groups excluding carboxylic acids is 1. The average Bonchev–Trinajstić information content (AvgIpc) is 2.60. The van der Waals surface area contributed by atoms with E-state index in [4.69, 9.17) is 26.7 Å². The maximum Gasteiger partial charge on any atom is 0.223 e. The molecule has 0 spiro atoms. The Morgan fingerprint density at radius 2 is 1.64 bits per heavy atom. The predicted molar refractivity (Wildman–Crippen MR) is 94.4 cm³/mol. The molecule has 0 fully saturated rings. The van der Waals surface area contributed by atoms with Crippen LogP contribution in [0.3, 0.4) is 0 Å². The Morgan fingerprint density at radius 3 is 2.40 bits per heavy atom. The number of hydrogen-bond donors (Lipinski definition) is 3. The zero-order valence-corrected chi connectivity index (χ0v) is 13.3. The summed E-state index contributed by atoms with van der Waals surface area (Å²) in [6.45, 7) is 0.955. The molecule has 0 atom stereocenters. The number of aliphatic imine (C=N–C) groups is 2. The van der Waals surface area contributed by atoms with Crippen LogP contribution < -0.4 is 26.7 Å². The summed E-state index contributed by atoms with van der Waals surface area (Å²) in [5, 5.41) is 0. The fourth-order valence-electron chi connectivity index (χ4n) is 2.36. The van der Waals surface area contributed by atoms with Gasteiger partial charge in [-0.2, -0.15) is 4.99 Å². The van der Waals surface area contributed by atoms with Crippen molar-refractivity contribution in [2.75, 3.05) is 13.2 Å². The minimum Gasteiger partial charge on any atom is -0.486 e. The average molecular weight is 339 g/mol. The monoisotopic (exact) mass is 339 g/mol. The second kappa shape index (κ2) is 6.91. The Morgan fingerprint density at radius 1 is 0.920 bits per heavy atom. The lowest BCUT2D eigenvalue weighted by atomic mass is 10.0. The van der Waals surface area contributed by atoms with Gasteiger partial charge in [0.2, 0.25) is 5.96 Å². The molecule has 0 aromatic heterocycles. The molecule has 128 valence electrons. The first-order valence-corrected chi connectivity index (χ1v) is 7.51. The van der Waals surface area contributed by atoms with Crippen LogP contribution in [-0.4, -0.2) is 30.9 Å². The van der Waals surface area contributed by atoms with Crippen LogP contribution in [0.4, 0.5) is 5.69 Å². The van der Waals surface area contributed by atoms with Crippen molar-refractivity contribution in [2.45, 2.75) is 0 Å². The summed E-state index contributed by atoms with van der Waals surface area (Å²) in [5.41, 5.74) is 17.5. The van der Waals surface area contributed by atoms with Gasteiger partial charge in [0, 0.05) is 11.1 Å². The molecule has 8 nitrogen and oxygen atoms in total. The van der Waals surface area contributed by atoms with Crippen molar-refractivity contribution in [3.8, 4) is 11.5 Å². The molecular weight excluding hydrogens is 322 g/mol. The van der Waals surface area contributed by atoms with Gasteiger partial charge in [0.1, 0.15) is 13.2 Å². The molecule has 0 saturated heterocycles. The minimum atomic E-state index is -0.190. The molecular formula is C17H17N5O3. The van der Waals surface area contributed by atoms with Gasteiger partial charge in [0.25, 0.3) is 0 Å². The second-order valence-electron chi connectivity index (χ2n) is 5.24. The van der Waals surface area contributed by atoms with Crippen LogP contribution >= 0.6 is 0 Å². The lowest BCUT2D eigenvalue weighted by Gasteiger charge is -2.18. The van der Waals surface area contributed by atoms with E-state index >= 15 is 0 Å². The van der Waals surface area contributed by atoms with Crippen LogP contribution in [0.25, 0.3) is 0 Å². The number of nitrogens with zero attached hydrogens (tertiary/aromatic N) is 2. The molecule has 1 aliphatic rings. The first kappa shape index (κ1) is 16.3. The summed E-state index contributed by atoms with van der Waals surface area (Å²) >= 11 is 0. The molecule has 1 heterocycles. The molecule has 0 bridgehead atoms. The van der Waals surface area contributed by atoms with Crippen molar-refractivity contribution in [1.82, 2.24) is 0 Å². The van der Waals surface area contributed by atoms with E-state index in [-0.39, 0.29) is 17.7 Å². The van der Waals surface area contributed by atoms with Gasteiger partial charge >= 0.3 is 0 Å². The molecule has 3 rings (SSSR count). The highest BCUT2D eigenvalue weighted by molar-refractivity contribution is 6.09. The molecule has 1 aliphatic heterocycles. The van der Waals surface area contributed by atoms with E-state index in [1.54, 1.807) is 42.5 Å². The number of rotatable bonds is 3. The lowest BCUT2D eigenvalue weighted by molar-refractivity contribution is 0.103. The van der Waals surface area contributed by atoms with Crippen molar-refractivity contribution in [3.63, 3.8) is 0 Å². The fourth-order valence-corrected chi connectivity index (χ4v) is 2.36. The number of hydrogen-bond acceptors (Lipinski definition) is 4. The Balaban J connectivity index is 1.88. The Bertz CT molecular complexity index is 872. The van der Waals surface area contributed by atoms with E-state index in [1.807, 2.05) is 0 Å². The first-order chi connectivity index (χ1) is 12.0. The maximum atomic E-state index is 12.7. The second-order valence-corrected chi connectivity index (χ2v) is 5.24. The molecule has 2 aromatic rings. The summed E-state index contributed by atoms with van der Waals surface area (Å²) in [4.78, 5) is 20.4. The summed E-state index contributed by atoms with van der Waals surface area (Å²) in [6, 6.07) is 11.8. The zero-order valence-electron chi connectivity index (χ0n) is 13.3. The molecule has 0 amide bonds. The molecule has 0 radical (unpaired) electrons. The summed E-state index contributed by atoms with van der Waals surface area (Å²) < 4.78 is 11.0. The van der Waals surface area contributed by atoms with Gasteiger partial charge in [-0.05, 0) is 30.3 Å². The van der Waals surface area contributed by atoms with E-state index in [2.05, 4.69) is 9.98 Å². The van der Waals surface area contributed by atoms with Crippen LogP contribution in [0.1, 0.15) is 15.9 Å². The Hall–Kier alpha value is -3.55. The first-order valence-electron chi connectivity index (χ1n) is 7.51. The van der Waals surface area contributed by atoms with Crippen LogP contribution in [0.2, 0.25) is 0 Å². The number of ether oxygens (including phenoxy) is 2. The number of benzene rings is 2. The van der Waals surface area contributed by atoms with Crippen molar-refractivity contribution in [1.29, 1.82) is 0 Å². The van der Waals surface area contributed by atoms with Gasteiger partial charge in [0.15, 0.2) is 23.2 Å². The molecule has 0 aliphatic carbocycles. The largest absolute Gasteiger partial charge is 0.486 e. The normalized spacial score (nSPS) is 13.2. The zero-order chi connectivity index (χ0) is 17.8. The van der Waals surface area contributed by atoms with Gasteiger partial charge in [0.05, 0.1) is 5.69 Å². The van der Waals surface area contributed by atoms with Crippen LogP contribution in [0.15, 0.2) is 52.4 Å². The molecule has 2 aromatic carbocycles. The van der Waals surface area contributed by atoms with Gasteiger partial charge in [-0.1, -0.05) is 12.1 Å². The smallest absolute Gasteiger partial charge is 0.223 e. The van der Waals surface area contributed by atoms with Crippen molar-refractivity contribution in [2.24, 2.45) is 27.2 Å². The van der Waals surface area contributed by atoms with Crippen LogP contribution in [-0.2, 0) is 0 Å². The summed E-state index contributed by atoms with van der Waals surface area (Å²) in [6.07, 6.45) is 0. The van der Waals surface area contributed by atoms with E-state index in [0.717, 1.165) is 0 Å². The third-order valence-corrected chi connectivity index (χ3v) is 3.40. The third-order valence-electron chi connectivity index (χ3n) is 3.40. The standard InChI is InChI=1S/C17H17N5O3/c18-16(19)22-17(20)21-12-3-1-2-10(8-12)15(23)11-4-5-13-14(9-11)25-7-6-24-13/h1-5,8-9H,6-7H2,(H6,18,19,20,21,22). The summed E-state index contributed by atoms with van der Waals surface area (Å²) in [7, 11) is 0. The van der Waals surface area contributed by atoms with Gasteiger partial charge in [-0.3, -0.25) is 4.79 Å². The van der Waals surface area contributed by atoms with Crippen molar-refractivity contribution >= 4 is 23.4 Å². The molecule has 0 saturated carbocycles. The minimum absolute atomic E-state index is 0.0936. The quantitative estimate of drug-likeness (QED) is 0.431. The third kappa shape index (κ3) is 3.86. The lowest BCUT2D eigenvalue weighted by Crippen LogP contribution is -2.26. The number of fused-ring (bicyclic) bond motifs is 1. The van der Waals surface area contributed by atoms with Gasteiger partial charge < -0.3 is 26.7 Å². The Kier molecular flexibility index (Phi) is 4.51. The van der Waals surface area contributed by atoms with Gasteiger partial charge in [-0.25, -0.2) is 4.99 Å². The molecule has 6 N–H and O–H groups in total. The molecule has 8 heteroatoms. The van der Waals surface area contributed by atoms with Crippen LogP contribution in [0.5, 0.6) is 11.5 Å². The Labute approximate surface area is 144 Å². The molecule has 0 unspecified atom stereocenters. The van der Waals surface area contributed by atoms with Crippen LogP contribution in [0, 0.1) is 0 Å². The number of guanidine groups is 2. The highest BCUT2D eigenvalue weighted by Gasteiger charge is 2.16. The van der Waals surface area contributed by atoms with E-state index in [0.29, 0.717) is 41.5 Å². The number of nitrogens with two attached hydrogens (primary N) is 3.